The van der Waals surface area contributed by atoms with Crippen LogP contribution in [0, 0.1) is 0 Å². The summed E-state index contributed by atoms with van der Waals surface area (Å²) in [6, 6.07) is 18.1. The van der Waals surface area contributed by atoms with Gasteiger partial charge in [-0.1, -0.05) is 36.4 Å². The van der Waals surface area contributed by atoms with Gasteiger partial charge in [0.15, 0.2) is 0 Å². The topological polar surface area (TPSA) is 66.8 Å². The van der Waals surface area contributed by atoms with E-state index >= 15 is 0 Å². The normalized spacial score (nSPS) is 21.9. The van der Waals surface area contributed by atoms with Gasteiger partial charge in [0.2, 0.25) is 0 Å². The molecule has 5 nitrogen and oxygen atoms in total. The summed E-state index contributed by atoms with van der Waals surface area (Å²) in [5.74, 6) is -0.600. The molecule has 5 rings (SSSR count). The molecule has 0 aliphatic carbocycles. The maximum absolute atomic E-state index is 13.1. The fourth-order valence-electron chi connectivity index (χ4n) is 4.29. The lowest BCUT2D eigenvalue weighted by Crippen LogP contribution is -2.28. The van der Waals surface area contributed by atoms with Gasteiger partial charge in [0.25, 0.3) is 11.7 Å². The van der Waals surface area contributed by atoms with E-state index in [0.29, 0.717) is 12.1 Å². The molecule has 1 fully saturated rings. The summed E-state index contributed by atoms with van der Waals surface area (Å²) in [5, 5.41) is 13.1. The Hall–Kier alpha value is -3.38. The van der Waals surface area contributed by atoms with Gasteiger partial charge in [0, 0.05) is 23.4 Å². The number of hydrogen-bond donors (Lipinski definition) is 1. The molecule has 1 N–H and O–H groups in total. The minimum absolute atomic E-state index is 0.0787. The predicted molar refractivity (Wildman–Crippen MR) is 119 cm³/mol. The summed E-state index contributed by atoms with van der Waals surface area (Å²) in [7, 11) is 0. The quantitative estimate of drug-likeness (QED) is 0.370. The van der Waals surface area contributed by atoms with Crippen molar-refractivity contribution in [1.29, 1.82) is 0 Å². The molecule has 2 aliphatic rings. The number of rotatable bonds is 4. The van der Waals surface area contributed by atoms with Crippen molar-refractivity contribution < 1.29 is 19.4 Å². The van der Waals surface area contributed by atoms with E-state index in [-0.39, 0.29) is 17.4 Å². The number of likely N-dealkylation sites (tertiary alicyclic amines) is 1. The number of aliphatic hydroxyl groups is 1. The van der Waals surface area contributed by atoms with Gasteiger partial charge in [-0.3, -0.25) is 9.59 Å². The summed E-state index contributed by atoms with van der Waals surface area (Å²) in [6.45, 7) is 2.28. The first-order valence-corrected chi connectivity index (χ1v) is 11.1. The highest BCUT2D eigenvalue weighted by atomic mass is 32.1. The lowest BCUT2D eigenvalue weighted by atomic mass is 9.98. The first-order chi connectivity index (χ1) is 15.0. The van der Waals surface area contributed by atoms with Crippen LogP contribution in [0.25, 0.3) is 5.76 Å². The molecule has 156 valence electrons. The molecule has 2 aliphatic heterocycles. The first-order valence-electron chi connectivity index (χ1n) is 10.2. The van der Waals surface area contributed by atoms with Gasteiger partial charge in [0.05, 0.1) is 11.6 Å². The van der Waals surface area contributed by atoms with Crippen molar-refractivity contribution in [3.8, 4) is 5.75 Å². The van der Waals surface area contributed by atoms with Crippen molar-refractivity contribution in [2.24, 2.45) is 0 Å². The van der Waals surface area contributed by atoms with Crippen molar-refractivity contribution in [2.45, 2.75) is 32.0 Å². The number of ether oxygens (including phenoxy) is 1. The SMILES string of the molecule is C[C@H]1Cc2cc(C(O)=C3C(=O)C(=O)N(Cc4ccccc4)[C@H]3c3cccs3)ccc2O1. The van der Waals surface area contributed by atoms with Gasteiger partial charge in [-0.25, -0.2) is 0 Å². The smallest absolute Gasteiger partial charge is 0.295 e. The summed E-state index contributed by atoms with van der Waals surface area (Å²) in [6.07, 6.45) is 0.822. The monoisotopic (exact) mass is 431 g/mol. The summed E-state index contributed by atoms with van der Waals surface area (Å²) >= 11 is 1.46. The zero-order valence-corrected chi connectivity index (χ0v) is 17.8. The average Bonchev–Trinajstić information content (AvgIpc) is 3.48. The molecule has 0 spiro atoms. The zero-order chi connectivity index (χ0) is 21.5. The van der Waals surface area contributed by atoms with Crippen LogP contribution in [0.2, 0.25) is 0 Å². The van der Waals surface area contributed by atoms with Gasteiger partial charge in [-0.05, 0) is 47.7 Å². The molecule has 2 aromatic carbocycles. The van der Waals surface area contributed by atoms with E-state index in [1.807, 2.05) is 66.9 Å². The molecule has 3 heterocycles. The molecular formula is C25H21NO4S. The number of hydrogen-bond acceptors (Lipinski definition) is 5. The van der Waals surface area contributed by atoms with Crippen molar-refractivity contribution in [2.75, 3.05) is 0 Å². The van der Waals surface area contributed by atoms with Crippen LogP contribution in [0.4, 0.5) is 0 Å². The van der Waals surface area contributed by atoms with Crippen LogP contribution in [0.3, 0.4) is 0 Å². The molecular weight excluding hydrogens is 410 g/mol. The molecule has 0 bridgehead atoms. The molecule has 1 amide bonds. The second-order valence-electron chi connectivity index (χ2n) is 7.88. The Morgan fingerprint density at radius 1 is 1.13 bits per heavy atom. The van der Waals surface area contributed by atoms with E-state index in [4.69, 9.17) is 4.74 Å². The zero-order valence-electron chi connectivity index (χ0n) is 16.9. The molecule has 31 heavy (non-hydrogen) atoms. The largest absolute Gasteiger partial charge is 0.507 e. The van der Waals surface area contributed by atoms with Crippen LogP contribution in [0.1, 0.15) is 34.5 Å². The Morgan fingerprint density at radius 2 is 1.94 bits per heavy atom. The second kappa shape index (κ2) is 7.71. The van der Waals surface area contributed by atoms with Crippen LogP contribution in [0.5, 0.6) is 5.75 Å². The number of ketones is 1. The van der Waals surface area contributed by atoms with Gasteiger partial charge in [-0.15, -0.1) is 11.3 Å². The van der Waals surface area contributed by atoms with Crippen LogP contribution in [-0.2, 0) is 22.6 Å². The summed E-state index contributed by atoms with van der Waals surface area (Å²) in [4.78, 5) is 28.5. The maximum atomic E-state index is 13.1. The molecule has 3 aromatic rings. The first kappa shape index (κ1) is 19.6. The Labute approximate surface area is 184 Å². The predicted octanol–water partition coefficient (Wildman–Crippen LogP) is 4.69. The van der Waals surface area contributed by atoms with Crippen LogP contribution >= 0.6 is 11.3 Å². The highest BCUT2D eigenvalue weighted by molar-refractivity contribution is 7.10. The Morgan fingerprint density at radius 3 is 2.68 bits per heavy atom. The fourth-order valence-corrected chi connectivity index (χ4v) is 5.14. The van der Waals surface area contributed by atoms with E-state index in [1.54, 1.807) is 11.0 Å². The van der Waals surface area contributed by atoms with E-state index in [2.05, 4.69) is 0 Å². The molecule has 1 saturated heterocycles. The molecule has 2 atom stereocenters. The van der Waals surface area contributed by atoms with E-state index < -0.39 is 17.7 Å². The van der Waals surface area contributed by atoms with Crippen molar-refractivity contribution in [3.05, 3.63) is 93.2 Å². The van der Waals surface area contributed by atoms with Crippen molar-refractivity contribution >= 4 is 28.8 Å². The van der Waals surface area contributed by atoms with Gasteiger partial charge in [0.1, 0.15) is 17.6 Å². The van der Waals surface area contributed by atoms with Gasteiger partial charge in [-0.2, -0.15) is 0 Å². The van der Waals surface area contributed by atoms with Gasteiger partial charge < -0.3 is 14.7 Å². The number of amides is 1. The van der Waals surface area contributed by atoms with E-state index in [1.165, 1.54) is 11.3 Å². The second-order valence-corrected chi connectivity index (χ2v) is 8.86. The van der Waals surface area contributed by atoms with Crippen LogP contribution in [0.15, 0.2) is 71.6 Å². The highest BCUT2D eigenvalue weighted by Crippen LogP contribution is 2.42. The number of thiophene rings is 1. The molecule has 1 aromatic heterocycles. The third-order valence-corrected chi connectivity index (χ3v) is 6.64. The Balaban J connectivity index is 1.60. The Kier molecular flexibility index (Phi) is 4.87. The number of aliphatic hydroxyl groups excluding tert-OH is 1. The fraction of sp³-hybridized carbons (Fsp3) is 0.200. The summed E-state index contributed by atoms with van der Waals surface area (Å²) < 4.78 is 5.74. The maximum Gasteiger partial charge on any atom is 0.295 e. The summed E-state index contributed by atoms with van der Waals surface area (Å²) in [5.41, 5.74) is 2.57. The number of fused-ring (bicyclic) bond motifs is 1. The molecule has 0 unspecified atom stereocenters. The lowest BCUT2D eigenvalue weighted by molar-refractivity contribution is -0.140. The highest BCUT2D eigenvalue weighted by Gasteiger charge is 2.46. The third kappa shape index (κ3) is 3.43. The van der Waals surface area contributed by atoms with Gasteiger partial charge >= 0.3 is 0 Å². The van der Waals surface area contributed by atoms with Crippen molar-refractivity contribution in [1.82, 2.24) is 4.90 Å². The molecule has 0 radical (unpaired) electrons. The molecule has 0 saturated carbocycles. The van der Waals surface area contributed by atoms with Crippen LogP contribution in [-0.4, -0.2) is 27.8 Å². The van der Waals surface area contributed by atoms with Crippen LogP contribution < -0.4 is 4.74 Å². The number of nitrogens with zero attached hydrogens (tertiary/aromatic N) is 1. The third-order valence-electron chi connectivity index (χ3n) is 5.72. The Bertz CT molecular complexity index is 1180. The minimum Gasteiger partial charge on any atom is -0.507 e. The number of carbonyl (C=O) groups excluding carboxylic acids is 2. The minimum atomic E-state index is -0.656. The lowest BCUT2D eigenvalue weighted by Gasteiger charge is -2.24. The number of carbonyl (C=O) groups is 2. The average molecular weight is 432 g/mol. The number of Topliss-reactive ketones (excluding diaryl/α,β-unsaturated/α-hetero) is 1. The molecule has 6 heteroatoms. The standard InChI is InChI=1S/C25H21NO4S/c1-15-12-18-13-17(9-10-19(18)30-15)23(27)21-22(20-8-5-11-31-20)26(25(29)24(21)28)14-16-6-3-2-4-7-16/h2-11,13,15,22,27H,12,14H2,1H3/t15-,22-/m0/s1. The van der Waals surface area contributed by atoms with Crippen molar-refractivity contribution in [3.63, 3.8) is 0 Å². The van der Waals surface area contributed by atoms with E-state index in [0.717, 1.165) is 28.2 Å². The van der Waals surface area contributed by atoms with E-state index in [9.17, 15) is 14.7 Å². The number of benzene rings is 2.